The average molecular weight is 330 g/mol. The molecule has 11 nitrogen and oxygen atoms in total. The molecule has 0 amide bonds. The SMILES string of the molecule is O=C(O)C(O)C(O)C(O)C(O)CO.O=C([O-])C(=O)[O-].[Na+].[Na+]. The molecule has 0 aromatic carbocycles. The van der Waals surface area contributed by atoms with Crippen molar-refractivity contribution in [3.63, 3.8) is 0 Å². The third kappa shape index (κ3) is 13.6. The first-order valence-corrected chi connectivity index (χ1v) is 4.54. The van der Waals surface area contributed by atoms with Crippen LogP contribution in [-0.4, -0.2) is 79.6 Å². The Morgan fingerprint density at radius 1 is 0.857 bits per heavy atom. The van der Waals surface area contributed by atoms with Gasteiger partial charge in [0, 0.05) is 0 Å². The van der Waals surface area contributed by atoms with Gasteiger partial charge in [0.1, 0.15) is 18.3 Å². The van der Waals surface area contributed by atoms with Crippen LogP contribution in [-0.2, 0) is 14.4 Å². The third-order valence-corrected chi connectivity index (χ3v) is 1.67. The van der Waals surface area contributed by atoms with Crippen LogP contribution in [0.5, 0.6) is 0 Å². The number of carbonyl (C=O) groups excluding carboxylic acids is 2. The second-order valence-corrected chi connectivity index (χ2v) is 3.09. The summed E-state index contributed by atoms with van der Waals surface area (Å²) < 4.78 is 0. The Labute approximate surface area is 162 Å². The van der Waals surface area contributed by atoms with Crippen LogP contribution in [0.2, 0.25) is 0 Å². The quantitative estimate of drug-likeness (QED) is 0.205. The van der Waals surface area contributed by atoms with Crippen molar-refractivity contribution in [1.82, 2.24) is 0 Å². The molecule has 6 N–H and O–H groups in total. The largest absolute Gasteiger partial charge is 1.00 e. The minimum Gasteiger partial charge on any atom is -0.543 e. The summed E-state index contributed by atoms with van der Waals surface area (Å²) in [5.41, 5.74) is 0. The maximum absolute atomic E-state index is 10.1. The molecule has 0 aliphatic rings. The van der Waals surface area contributed by atoms with Gasteiger partial charge in [-0.1, -0.05) is 0 Å². The third-order valence-electron chi connectivity index (χ3n) is 1.67. The molecule has 0 aromatic rings. The average Bonchev–Trinajstić information content (AvgIpc) is 2.35. The molecule has 0 heterocycles. The zero-order chi connectivity index (χ0) is 15.7. The summed E-state index contributed by atoms with van der Waals surface area (Å²) >= 11 is 0. The summed E-state index contributed by atoms with van der Waals surface area (Å²) in [5, 5.41) is 69.7. The van der Waals surface area contributed by atoms with E-state index in [1.807, 2.05) is 0 Å². The van der Waals surface area contributed by atoms with E-state index in [9.17, 15) is 4.79 Å². The second kappa shape index (κ2) is 15.1. The van der Waals surface area contributed by atoms with Gasteiger partial charge in [0.05, 0.1) is 18.5 Å². The van der Waals surface area contributed by atoms with E-state index in [4.69, 9.17) is 50.4 Å². The van der Waals surface area contributed by atoms with Crippen molar-refractivity contribution in [1.29, 1.82) is 0 Å². The van der Waals surface area contributed by atoms with E-state index in [0.717, 1.165) is 0 Å². The Balaban J connectivity index is -0.000000156. The molecule has 13 heteroatoms. The molecule has 0 radical (unpaired) electrons. The van der Waals surface area contributed by atoms with Crippen LogP contribution in [0.25, 0.3) is 0 Å². The molecule has 21 heavy (non-hydrogen) atoms. The predicted octanol–water partition coefficient (Wildman–Crippen LogP) is -13.0. The van der Waals surface area contributed by atoms with E-state index in [-0.39, 0.29) is 59.1 Å². The molecule has 0 fully saturated rings. The standard InChI is InChI=1S/C6H12O7.C2H2O4.2Na/c7-1-2(8)3(9)4(10)5(11)6(12)13;3-1(4)2(5)6;;/h2-5,7-11H,1H2,(H,12,13);(H,3,4)(H,5,6);;/q;;2*+1/p-2. The summed E-state index contributed by atoms with van der Waals surface area (Å²) in [5.74, 6) is -6.10. The molecular weight excluding hydrogens is 318 g/mol. The fraction of sp³-hybridized carbons (Fsp3) is 0.625. The first kappa shape index (κ1) is 29.2. The molecule has 0 aromatic heterocycles. The summed E-state index contributed by atoms with van der Waals surface area (Å²) in [6, 6.07) is 0. The minimum atomic E-state index is -2.20. The normalized spacial score (nSPS) is 14.7. The molecule has 4 atom stereocenters. The second-order valence-electron chi connectivity index (χ2n) is 3.09. The van der Waals surface area contributed by atoms with Crippen LogP contribution in [0.1, 0.15) is 0 Å². The van der Waals surface area contributed by atoms with Crippen LogP contribution >= 0.6 is 0 Å². The van der Waals surface area contributed by atoms with Gasteiger partial charge in [-0.15, -0.1) is 0 Å². The smallest absolute Gasteiger partial charge is 0.543 e. The monoisotopic (exact) mass is 330 g/mol. The van der Waals surface area contributed by atoms with Gasteiger partial charge in [0.25, 0.3) is 0 Å². The van der Waals surface area contributed by atoms with E-state index in [2.05, 4.69) is 0 Å². The Morgan fingerprint density at radius 3 is 1.38 bits per heavy atom. The van der Waals surface area contributed by atoms with E-state index in [0.29, 0.717) is 0 Å². The molecule has 0 saturated heterocycles. The van der Waals surface area contributed by atoms with Gasteiger partial charge >= 0.3 is 65.1 Å². The summed E-state index contributed by atoms with van der Waals surface area (Å²) in [7, 11) is 0. The van der Waals surface area contributed by atoms with E-state index >= 15 is 0 Å². The zero-order valence-corrected chi connectivity index (χ0v) is 15.2. The molecule has 0 saturated carbocycles. The topological polar surface area (TPSA) is 219 Å². The van der Waals surface area contributed by atoms with Gasteiger partial charge in [-0.25, -0.2) is 4.79 Å². The first-order valence-electron chi connectivity index (χ1n) is 4.54. The number of hydrogen-bond acceptors (Lipinski definition) is 10. The van der Waals surface area contributed by atoms with Crippen LogP contribution in [0, 0.1) is 0 Å². The molecule has 0 spiro atoms. The van der Waals surface area contributed by atoms with Crippen molar-refractivity contribution >= 4 is 17.9 Å². The fourth-order valence-electron chi connectivity index (χ4n) is 0.668. The molecule has 0 bridgehead atoms. The van der Waals surface area contributed by atoms with Crippen molar-refractivity contribution in [3.05, 3.63) is 0 Å². The summed E-state index contributed by atoms with van der Waals surface area (Å²) in [6.07, 6.45) is -7.84. The zero-order valence-electron chi connectivity index (χ0n) is 11.2. The summed E-state index contributed by atoms with van der Waals surface area (Å²) in [6.45, 7) is -0.843. The van der Waals surface area contributed by atoms with Crippen LogP contribution < -0.4 is 69.3 Å². The Morgan fingerprint density at radius 2 is 1.19 bits per heavy atom. The Bertz CT molecular complexity index is 311. The Hall–Kier alpha value is 0.210. The van der Waals surface area contributed by atoms with Crippen LogP contribution in [0.3, 0.4) is 0 Å². The molecule has 0 aliphatic carbocycles. The number of rotatable bonds is 5. The molecule has 4 unspecified atom stereocenters. The number of carboxylic acids is 3. The minimum absolute atomic E-state index is 0. The van der Waals surface area contributed by atoms with Crippen molar-refractivity contribution in [3.8, 4) is 0 Å². The number of hydrogen-bond donors (Lipinski definition) is 6. The van der Waals surface area contributed by atoms with Crippen LogP contribution in [0.15, 0.2) is 0 Å². The molecule has 112 valence electrons. The van der Waals surface area contributed by atoms with E-state index in [1.165, 1.54) is 0 Å². The van der Waals surface area contributed by atoms with E-state index in [1.54, 1.807) is 0 Å². The van der Waals surface area contributed by atoms with Crippen molar-refractivity contribution < 1.29 is 114 Å². The number of carbonyl (C=O) groups is 3. The molecule has 0 rings (SSSR count). The number of aliphatic hydroxyl groups is 5. The Kier molecular flexibility index (Phi) is 21.1. The van der Waals surface area contributed by atoms with Crippen molar-refractivity contribution in [2.75, 3.05) is 6.61 Å². The fourth-order valence-corrected chi connectivity index (χ4v) is 0.668. The van der Waals surface area contributed by atoms with Gasteiger partial charge in [-0.05, 0) is 0 Å². The van der Waals surface area contributed by atoms with Gasteiger partial charge in [0.2, 0.25) is 0 Å². The van der Waals surface area contributed by atoms with Gasteiger partial charge in [0.15, 0.2) is 6.10 Å². The van der Waals surface area contributed by atoms with Gasteiger partial charge in [-0.2, -0.15) is 0 Å². The van der Waals surface area contributed by atoms with E-state index < -0.39 is 48.9 Å². The number of aliphatic hydroxyl groups excluding tert-OH is 5. The maximum atomic E-state index is 10.1. The van der Waals surface area contributed by atoms with Gasteiger partial charge in [-0.3, -0.25) is 0 Å². The number of carboxylic acid groups (broad SMARTS) is 3. The summed E-state index contributed by atoms with van der Waals surface area (Å²) in [4.78, 5) is 27.9. The van der Waals surface area contributed by atoms with Gasteiger partial charge < -0.3 is 50.4 Å². The first-order chi connectivity index (χ1) is 8.56. The molecular formula is C8H12Na2O11. The van der Waals surface area contributed by atoms with Crippen LogP contribution in [0.4, 0.5) is 0 Å². The predicted molar refractivity (Wildman–Crippen MR) is 48.8 cm³/mol. The maximum Gasteiger partial charge on any atom is 1.00 e. The number of aliphatic carboxylic acids is 3. The molecule has 0 aliphatic heterocycles. The van der Waals surface area contributed by atoms with Crippen molar-refractivity contribution in [2.24, 2.45) is 0 Å². The van der Waals surface area contributed by atoms with Crippen molar-refractivity contribution in [2.45, 2.75) is 24.4 Å².